The van der Waals surface area contributed by atoms with Gasteiger partial charge in [-0.3, -0.25) is 0 Å². The molecule has 19 heavy (non-hydrogen) atoms. The number of aryl methyl sites for hydroxylation is 1. The second kappa shape index (κ2) is 6.70. The third-order valence-corrected chi connectivity index (χ3v) is 3.61. The molecule has 1 aromatic carbocycles. The molecule has 0 saturated heterocycles. The molecule has 5 heteroatoms. The summed E-state index contributed by atoms with van der Waals surface area (Å²) in [5.41, 5.74) is 0.491. The van der Waals surface area contributed by atoms with Crippen molar-refractivity contribution in [3.8, 4) is 0 Å². The van der Waals surface area contributed by atoms with E-state index in [0.29, 0.717) is 10.4 Å². The van der Waals surface area contributed by atoms with E-state index in [1.807, 2.05) is 0 Å². The predicted octanol–water partition coefficient (Wildman–Crippen LogP) is 3.82. The standard InChI is InChI=1S/C14H17BrO4/c1-8(2)4-3-5-9-6-10(13(16)17)11(14(18)19)7-12(9)15/h6-8H,3-5H2,1-2H3,(H,16,17)(H,18,19). The molecule has 0 aliphatic rings. The van der Waals surface area contributed by atoms with Gasteiger partial charge in [0.25, 0.3) is 0 Å². The largest absolute Gasteiger partial charge is 0.478 e. The molecular formula is C14H17BrO4. The van der Waals surface area contributed by atoms with Crippen molar-refractivity contribution in [2.24, 2.45) is 5.92 Å². The quantitative estimate of drug-likeness (QED) is 0.832. The van der Waals surface area contributed by atoms with E-state index in [2.05, 4.69) is 29.8 Å². The molecule has 0 spiro atoms. The van der Waals surface area contributed by atoms with E-state index in [1.165, 1.54) is 12.1 Å². The zero-order valence-electron chi connectivity index (χ0n) is 10.9. The highest BCUT2D eigenvalue weighted by molar-refractivity contribution is 9.10. The Bertz CT molecular complexity index is 494. The molecule has 0 aromatic heterocycles. The summed E-state index contributed by atoms with van der Waals surface area (Å²) in [6.07, 6.45) is 2.73. The van der Waals surface area contributed by atoms with E-state index >= 15 is 0 Å². The molecule has 1 aromatic rings. The SMILES string of the molecule is CC(C)CCCc1cc(C(=O)O)c(C(=O)O)cc1Br. The Morgan fingerprint density at radius 2 is 1.68 bits per heavy atom. The Hall–Kier alpha value is -1.36. The highest BCUT2D eigenvalue weighted by Crippen LogP contribution is 2.24. The molecule has 0 aliphatic carbocycles. The van der Waals surface area contributed by atoms with Crippen molar-refractivity contribution >= 4 is 27.9 Å². The third kappa shape index (κ3) is 4.35. The maximum absolute atomic E-state index is 11.1. The van der Waals surface area contributed by atoms with E-state index in [4.69, 9.17) is 10.2 Å². The summed E-state index contributed by atoms with van der Waals surface area (Å²) < 4.78 is 0.652. The summed E-state index contributed by atoms with van der Waals surface area (Å²) in [7, 11) is 0. The lowest BCUT2D eigenvalue weighted by Crippen LogP contribution is -2.09. The van der Waals surface area contributed by atoms with Gasteiger partial charge in [0.1, 0.15) is 0 Å². The van der Waals surface area contributed by atoms with Crippen LogP contribution >= 0.6 is 15.9 Å². The molecule has 0 fully saturated rings. The number of hydrogen-bond acceptors (Lipinski definition) is 2. The second-order valence-corrected chi connectivity index (χ2v) is 5.74. The fourth-order valence-corrected chi connectivity index (χ4v) is 2.41. The van der Waals surface area contributed by atoms with E-state index in [9.17, 15) is 9.59 Å². The lowest BCUT2D eigenvalue weighted by molar-refractivity contribution is 0.0651. The number of rotatable bonds is 6. The number of carboxylic acid groups (broad SMARTS) is 2. The molecule has 0 aliphatic heterocycles. The van der Waals surface area contributed by atoms with E-state index in [0.717, 1.165) is 24.8 Å². The molecule has 0 amide bonds. The van der Waals surface area contributed by atoms with Crippen molar-refractivity contribution in [1.29, 1.82) is 0 Å². The van der Waals surface area contributed by atoms with Crippen LogP contribution in [0.5, 0.6) is 0 Å². The average Bonchev–Trinajstić information content (AvgIpc) is 2.29. The number of halogens is 1. The molecule has 1 rings (SSSR count). The van der Waals surface area contributed by atoms with Crippen molar-refractivity contribution < 1.29 is 19.8 Å². The van der Waals surface area contributed by atoms with Crippen LogP contribution in [0.15, 0.2) is 16.6 Å². The topological polar surface area (TPSA) is 74.6 Å². The lowest BCUT2D eigenvalue weighted by Gasteiger charge is -2.10. The summed E-state index contributed by atoms with van der Waals surface area (Å²) in [6, 6.07) is 2.83. The smallest absolute Gasteiger partial charge is 0.336 e. The van der Waals surface area contributed by atoms with Crippen LogP contribution in [0.1, 0.15) is 53.0 Å². The first kappa shape index (κ1) is 15.7. The van der Waals surface area contributed by atoms with Crippen LogP contribution in [0.4, 0.5) is 0 Å². The first-order valence-corrected chi connectivity index (χ1v) is 6.91. The zero-order valence-corrected chi connectivity index (χ0v) is 12.5. The van der Waals surface area contributed by atoms with E-state index in [-0.39, 0.29) is 11.1 Å². The summed E-state index contributed by atoms with van der Waals surface area (Å²) in [4.78, 5) is 22.1. The maximum Gasteiger partial charge on any atom is 0.336 e. The van der Waals surface area contributed by atoms with Gasteiger partial charge in [0.15, 0.2) is 0 Å². The van der Waals surface area contributed by atoms with Gasteiger partial charge in [-0.15, -0.1) is 0 Å². The third-order valence-electron chi connectivity index (χ3n) is 2.87. The fraction of sp³-hybridized carbons (Fsp3) is 0.429. The van der Waals surface area contributed by atoms with Crippen molar-refractivity contribution in [2.75, 3.05) is 0 Å². The van der Waals surface area contributed by atoms with Crippen molar-refractivity contribution in [1.82, 2.24) is 0 Å². The Morgan fingerprint density at radius 1 is 1.16 bits per heavy atom. The second-order valence-electron chi connectivity index (χ2n) is 4.89. The molecule has 0 radical (unpaired) electrons. The van der Waals surface area contributed by atoms with Crippen molar-refractivity contribution in [3.05, 3.63) is 33.3 Å². The van der Waals surface area contributed by atoms with E-state index in [1.54, 1.807) is 0 Å². The highest BCUT2D eigenvalue weighted by atomic mass is 79.9. The van der Waals surface area contributed by atoms with Gasteiger partial charge in [-0.2, -0.15) is 0 Å². The zero-order chi connectivity index (χ0) is 14.6. The molecule has 0 unspecified atom stereocenters. The fourth-order valence-electron chi connectivity index (χ4n) is 1.86. The van der Waals surface area contributed by atoms with Crippen LogP contribution in [0.2, 0.25) is 0 Å². The number of carboxylic acids is 2. The van der Waals surface area contributed by atoms with Crippen LogP contribution < -0.4 is 0 Å². The van der Waals surface area contributed by atoms with Crippen LogP contribution in [0.3, 0.4) is 0 Å². The number of hydrogen-bond donors (Lipinski definition) is 2. The normalized spacial score (nSPS) is 10.7. The van der Waals surface area contributed by atoms with Gasteiger partial charge in [-0.05, 0) is 36.5 Å². The molecule has 0 atom stereocenters. The molecule has 0 bridgehead atoms. The Kier molecular flexibility index (Phi) is 5.54. The summed E-state index contributed by atoms with van der Waals surface area (Å²) in [5.74, 6) is -1.85. The van der Waals surface area contributed by atoms with E-state index < -0.39 is 11.9 Å². The van der Waals surface area contributed by atoms with Crippen LogP contribution in [-0.4, -0.2) is 22.2 Å². The van der Waals surface area contributed by atoms with Crippen LogP contribution in [-0.2, 0) is 6.42 Å². The lowest BCUT2D eigenvalue weighted by atomic mass is 9.98. The highest BCUT2D eigenvalue weighted by Gasteiger charge is 2.18. The number of benzene rings is 1. The first-order valence-electron chi connectivity index (χ1n) is 6.12. The van der Waals surface area contributed by atoms with Gasteiger partial charge in [0.05, 0.1) is 11.1 Å². The molecule has 0 saturated carbocycles. The predicted molar refractivity (Wildman–Crippen MR) is 75.8 cm³/mol. The van der Waals surface area contributed by atoms with Crippen LogP contribution in [0.25, 0.3) is 0 Å². The maximum atomic E-state index is 11.1. The van der Waals surface area contributed by atoms with Gasteiger partial charge in [-0.25, -0.2) is 9.59 Å². The monoisotopic (exact) mass is 328 g/mol. The summed E-state index contributed by atoms with van der Waals surface area (Å²) in [5, 5.41) is 18.1. The minimum Gasteiger partial charge on any atom is -0.478 e. The van der Waals surface area contributed by atoms with Gasteiger partial charge < -0.3 is 10.2 Å². The minimum absolute atomic E-state index is 0.157. The average molecular weight is 329 g/mol. The molecule has 4 nitrogen and oxygen atoms in total. The Balaban J connectivity index is 3.04. The first-order chi connectivity index (χ1) is 8.82. The van der Waals surface area contributed by atoms with Gasteiger partial charge in [0, 0.05) is 4.47 Å². The molecular weight excluding hydrogens is 312 g/mol. The molecule has 104 valence electrons. The van der Waals surface area contributed by atoms with Crippen LogP contribution in [0, 0.1) is 5.92 Å². The summed E-state index contributed by atoms with van der Waals surface area (Å²) >= 11 is 3.31. The van der Waals surface area contributed by atoms with Crippen molar-refractivity contribution in [3.63, 3.8) is 0 Å². The minimum atomic E-state index is -1.23. The van der Waals surface area contributed by atoms with Crippen molar-refractivity contribution in [2.45, 2.75) is 33.1 Å². The molecule has 0 heterocycles. The van der Waals surface area contributed by atoms with Gasteiger partial charge >= 0.3 is 11.9 Å². The summed E-state index contributed by atoms with van der Waals surface area (Å²) in [6.45, 7) is 4.26. The molecule has 2 N–H and O–H groups in total. The Morgan fingerprint density at radius 3 is 2.16 bits per heavy atom. The number of aromatic carboxylic acids is 2. The number of carbonyl (C=O) groups is 2. The van der Waals surface area contributed by atoms with Gasteiger partial charge in [-0.1, -0.05) is 36.2 Å². The van der Waals surface area contributed by atoms with Gasteiger partial charge in [0.2, 0.25) is 0 Å². The Labute approximate surface area is 120 Å².